The van der Waals surface area contributed by atoms with Gasteiger partial charge in [0.2, 0.25) is 0 Å². The number of aryl methyl sites for hydroxylation is 1. The Morgan fingerprint density at radius 1 is 1.24 bits per heavy atom. The fourth-order valence-electron chi connectivity index (χ4n) is 2.45. The molecule has 0 fully saturated rings. The Morgan fingerprint density at radius 3 is 2.66 bits per heavy atom. The number of para-hydroxylation sites is 1. The molecule has 0 unspecified atom stereocenters. The average Bonchev–Trinajstić information content (AvgIpc) is 3.14. The molecule has 1 aromatic heterocycles. The Morgan fingerprint density at radius 2 is 2.03 bits per heavy atom. The Labute approximate surface area is 191 Å². The second kappa shape index (κ2) is 13.5. The summed E-state index contributed by atoms with van der Waals surface area (Å²) in [5.74, 6) is 0.868. The first-order chi connectivity index (χ1) is 13.6. The van der Waals surface area contributed by atoms with Crippen molar-refractivity contribution in [2.24, 2.45) is 4.99 Å². The molecule has 162 valence electrons. The van der Waals surface area contributed by atoms with Crippen molar-refractivity contribution in [2.75, 3.05) is 13.2 Å². The maximum atomic E-state index is 12.8. The van der Waals surface area contributed by atoms with Gasteiger partial charge >= 0.3 is 6.61 Å². The summed E-state index contributed by atoms with van der Waals surface area (Å²) in [5, 5.41) is 9.44. The first-order valence-corrected chi connectivity index (χ1v) is 10.1. The molecule has 0 spiro atoms. The minimum Gasteiger partial charge on any atom is -0.490 e. The van der Waals surface area contributed by atoms with Gasteiger partial charge in [-0.2, -0.15) is 8.78 Å². The zero-order valence-electron chi connectivity index (χ0n) is 16.7. The van der Waals surface area contributed by atoms with Gasteiger partial charge in [-0.15, -0.1) is 35.3 Å². The molecule has 0 aliphatic heterocycles. The summed E-state index contributed by atoms with van der Waals surface area (Å²) in [5.41, 5.74) is 1.46. The molecule has 0 bridgehead atoms. The van der Waals surface area contributed by atoms with Gasteiger partial charge < -0.3 is 20.1 Å². The average molecular weight is 540 g/mol. The molecule has 2 rings (SSSR count). The van der Waals surface area contributed by atoms with Crippen LogP contribution in [0.25, 0.3) is 0 Å². The van der Waals surface area contributed by atoms with Crippen molar-refractivity contribution in [3.05, 3.63) is 39.8 Å². The summed E-state index contributed by atoms with van der Waals surface area (Å²) in [6, 6.07) is 5.03. The van der Waals surface area contributed by atoms with Crippen LogP contribution in [0.5, 0.6) is 11.5 Å². The number of alkyl halides is 2. The fraction of sp³-hybridized carbons (Fsp3) is 0.474. The predicted octanol–water partition coefficient (Wildman–Crippen LogP) is 4.58. The van der Waals surface area contributed by atoms with Crippen LogP contribution in [-0.4, -0.2) is 30.7 Å². The monoisotopic (exact) mass is 540 g/mol. The van der Waals surface area contributed by atoms with E-state index in [4.69, 9.17) is 4.74 Å². The molecule has 6 nitrogen and oxygen atoms in total. The van der Waals surface area contributed by atoms with E-state index >= 15 is 0 Å². The summed E-state index contributed by atoms with van der Waals surface area (Å²) >= 11 is 1.63. The third kappa shape index (κ3) is 8.29. The van der Waals surface area contributed by atoms with E-state index in [1.807, 2.05) is 12.3 Å². The summed E-state index contributed by atoms with van der Waals surface area (Å²) in [6.07, 6.45) is 0.905. The number of ether oxygens (including phenoxy) is 2. The highest BCUT2D eigenvalue weighted by Gasteiger charge is 2.15. The van der Waals surface area contributed by atoms with E-state index in [0.717, 1.165) is 17.1 Å². The number of rotatable bonds is 10. The Balaban J connectivity index is 0.00000420. The SMILES string of the molecule is CCNC(=NCc1cccc(OCC)c1OC(F)F)NCc1csc(CC)n1.I. The van der Waals surface area contributed by atoms with Gasteiger partial charge in [-0.1, -0.05) is 19.1 Å². The van der Waals surface area contributed by atoms with Crippen LogP contribution < -0.4 is 20.1 Å². The van der Waals surface area contributed by atoms with E-state index in [0.29, 0.717) is 31.2 Å². The lowest BCUT2D eigenvalue weighted by Crippen LogP contribution is -2.36. The highest BCUT2D eigenvalue weighted by Crippen LogP contribution is 2.33. The molecule has 1 aromatic carbocycles. The zero-order valence-corrected chi connectivity index (χ0v) is 19.9. The molecule has 1 heterocycles. The minimum atomic E-state index is -2.94. The Kier molecular flexibility index (Phi) is 11.8. The first kappa shape index (κ1) is 25.3. The number of nitrogens with one attached hydrogen (secondary N) is 2. The van der Waals surface area contributed by atoms with Crippen molar-refractivity contribution >= 4 is 41.3 Å². The Bertz CT molecular complexity index is 774. The highest BCUT2D eigenvalue weighted by atomic mass is 127. The summed E-state index contributed by atoms with van der Waals surface area (Å²) in [7, 11) is 0. The smallest absolute Gasteiger partial charge is 0.387 e. The van der Waals surface area contributed by atoms with Gasteiger partial charge in [-0.05, 0) is 26.3 Å². The van der Waals surface area contributed by atoms with Crippen LogP contribution in [0.15, 0.2) is 28.6 Å². The van der Waals surface area contributed by atoms with Gasteiger partial charge in [0.25, 0.3) is 0 Å². The molecule has 2 aromatic rings. The van der Waals surface area contributed by atoms with Gasteiger partial charge in [0.15, 0.2) is 17.5 Å². The van der Waals surface area contributed by atoms with Crippen LogP contribution in [0.2, 0.25) is 0 Å². The number of benzene rings is 1. The van der Waals surface area contributed by atoms with Gasteiger partial charge in [0.1, 0.15) is 0 Å². The molecule has 0 aliphatic rings. The standard InChI is InChI=1S/C19H26F2N4O2S.HI/c1-4-16-25-14(12-28-16)11-24-19(22-5-2)23-10-13-8-7-9-15(26-6-3)17(13)27-18(20)21;/h7-9,12,18H,4-6,10-11H2,1-3H3,(H2,22,23,24);1H. The molecule has 10 heteroatoms. The van der Waals surface area contributed by atoms with E-state index in [1.165, 1.54) is 0 Å². The highest BCUT2D eigenvalue weighted by molar-refractivity contribution is 14.0. The van der Waals surface area contributed by atoms with Crippen molar-refractivity contribution in [1.29, 1.82) is 0 Å². The van der Waals surface area contributed by atoms with Gasteiger partial charge in [-0.3, -0.25) is 0 Å². The maximum absolute atomic E-state index is 12.8. The fourth-order valence-corrected chi connectivity index (χ4v) is 3.20. The number of nitrogens with zero attached hydrogens (tertiary/aromatic N) is 2. The van der Waals surface area contributed by atoms with E-state index in [9.17, 15) is 8.78 Å². The minimum absolute atomic E-state index is 0. The van der Waals surface area contributed by atoms with Gasteiger partial charge in [0, 0.05) is 17.5 Å². The van der Waals surface area contributed by atoms with Crippen LogP contribution in [0.3, 0.4) is 0 Å². The van der Waals surface area contributed by atoms with Gasteiger partial charge in [0.05, 0.1) is 30.4 Å². The molecule has 0 aliphatic carbocycles. The van der Waals surface area contributed by atoms with E-state index in [2.05, 4.69) is 32.3 Å². The maximum Gasteiger partial charge on any atom is 0.387 e. The number of aromatic nitrogens is 1. The van der Waals surface area contributed by atoms with Crippen LogP contribution in [0.1, 0.15) is 37.0 Å². The summed E-state index contributed by atoms with van der Waals surface area (Å²) < 4.78 is 35.8. The molecule has 0 amide bonds. The van der Waals surface area contributed by atoms with Crippen molar-refractivity contribution < 1.29 is 18.3 Å². The largest absolute Gasteiger partial charge is 0.490 e. The molecule has 0 atom stereocenters. The van der Waals surface area contributed by atoms with E-state index in [-0.39, 0.29) is 42.0 Å². The predicted molar refractivity (Wildman–Crippen MR) is 123 cm³/mol. The van der Waals surface area contributed by atoms with Crippen LogP contribution in [-0.2, 0) is 19.5 Å². The molecule has 2 N–H and O–H groups in total. The van der Waals surface area contributed by atoms with Gasteiger partial charge in [-0.25, -0.2) is 9.98 Å². The van der Waals surface area contributed by atoms with E-state index < -0.39 is 6.61 Å². The second-order valence-corrected chi connectivity index (χ2v) is 6.63. The third-order valence-electron chi connectivity index (χ3n) is 3.66. The van der Waals surface area contributed by atoms with Crippen LogP contribution in [0.4, 0.5) is 8.78 Å². The topological polar surface area (TPSA) is 67.8 Å². The van der Waals surface area contributed by atoms with Crippen molar-refractivity contribution in [3.8, 4) is 11.5 Å². The number of aliphatic imine (C=N–C) groups is 1. The number of hydrogen-bond acceptors (Lipinski definition) is 5. The number of halogens is 3. The Hall–Kier alpha value is -1.69. The third-order valence-corrected chi connectivity index (χ3v) is 4.70. The summed E-state index contributed by atoms with van der Waals surface area (Å²) in [6.45, 7) is 4.58. The normalized spacial score (nSPS) is 11.2. The number of hydrogen-bond donors (Lipinski definition) is 2. The zero-order chi connectivity index (χ0) is 20.4. The lowest BCUT2D eigenvalue weighted by molar-refractivity contribution is -0.0520. The molecule has 29 heavy (non-hydrogen) atoms. The first-order valence-electron chi connectivity index (χ1n) is 9.22. The molecule has 0 radical (unpaired) electrons. The molecular formula is C19H27F2IN4O2S. The van der Waals surface area contributed by atoms with Crippen molar-refractivity contribution in [2.45, 2.75) is 46.9 Å². The summed E-state index contributed by atoms with van der Waals surface area (Å²) in [4.78, 5) is 9.00. The molecule has 0 saturated carbocycles. The second-order valence-electron chi connectivity index (χ2n) is 5.69. The molecule has 0 saturated heterocycles. The van der Waals surface area contributed by atoms with Crippen molar-refractivity contribution in [3.63, 3.8) is 0 Å². The van der Waals surface area contributed by atoms with Crippen molar-refractivity contribution in [1.82, 2.24) is 15.6 Å². The quantitative estimate of drug-likeness (QED) is 0.263. The van der Waals surface area contributed by atoms with Crippen LogP contribution in [0, 0.1) is 0 Å². The lowest BCUT2D eigenvalue weighted by Gasteiger charge is -2.15. The lowest BCUT2D eigenvalue weighted by atomic mass is 10.2. The number of thiazole rings is 1. The number of guanidine groups is 1. The van der Waals surface area contributed by atoms with E-state index in [1.54, 1.807) is 36.5 Å². The van der Waals surface area contributed by atoms with Crippen LogP contribution >= 0.6 is 35.3 Å². The molecular weight excluding hydrogens is 513 g/mol.